The van der Waals surface area contributed by atoms with Crippen LogP contribution in [0.2, 0.25) is 0 Å². The molecule has 0 aliphatic heterocycles. The van der Waals surface area contributed by atoms with Gasteiger partial charge in [0.2, 0.25) is 0 Å². The zero-order valence-corrected chi connectivity index (χ0v) is 15.9. The molecule has 6 nitrogen and oxygen atoms in total. The molecule has 1 aromatic heterocycles. The van der Waals surface area contributed by atoms with E-state index in [0.717, 1.165) is 12.1 Å². The van der Waals surface area contributed by atoms with Crippen molar-refractivity contribution in [2.24, 2.45) is 0 Å². The lowest BCUT2D eigenvalue weighted by Gasteiger charge is -2.07. The normalized spacial score (nSPS) is 10.7. The lowest BCUT2D eigenvalue weighted by molar-refractivity contribution is -0.147. The fourth-order valence-electron chi connectivity index (χ4n) is 2.53. The van der Waals surface area contributed by atoms with Gasteiger partial charge in [0, 0.05) is 18.2 Å². The molecule has 1 amide bonds. The first-order chi connectivity index (χ1) is 14.3. The monoisotopic (exact) mass is 418 g/mol. The van der Waals surface area contributed by atoms with Crippen molar-refractivity contribution in [2.45, 2.75) is 19.8 Å². The maximum absolute atomic E-state index is 13.8. The fourth-order valence-corrected chi connectivity index (χ4v) is 2.53. The highest BCUT2D eigenvalue weighted by atomic mass is 19.1. The average Bonchev–Trinajstić information content (AvgIpc) is 3.16. The van der Waals surface area contributed by atoms with Gasteiger partial charge in [-0.05, 0) is 36.8 Å². The Labute approximate surface area is 169 Å². The van der Waals surface area contributed by atoms with Crippen molar-refractivity contribution in [1.82, 2.24) is 4.98 Å². The standard InChI is InChI=1S/C21H17F3N2O4/c1-12-2-4-14(9-16(12)23)26-19(27)11-29-21(28)7-6-20-25-10-18(30-20)15-5-3-13(22)8-17(15)24/h2-5,8-10H,6-7,11H2,1H3,(H,26,27). The van der Waals surface area contributed by atoms with Gasteiger partial charge in [0.25, 0.3) is 5.91 Å². The molecule has 0 radical (unpaired) electrons. The molecule has 1 N–H and O–H groups in total. The summed E-state index contributed by atoms with van der Waals surface area (Å²) in [5.74, 6) is -3.00. The number of hydrogen-bond acceptors (Lipinski definition) is 5. The number of carbonyl (C=O) groups excluding carboxylic acids is 2. The molecule has 0 atom stereocenters. The summed E-state index contributed by atoms with van der Waals surface area (Å²) in [5.41, 5.74) is 0.734. The number of aromatic nitrogens is 1. The van der Waals surface area contributed by atoms with E-state index in [4.69, 9.17) is 9.15 Å². The smallest absolute Gasteiger partial charge is 0.306 e. The summed E-state index contributed by atoms with van der Waals surface area (Å²) >= 11 is 0. The van der Waals surface area contributed by atoms with E-state index < -0.39 is 35.9 Å². The third-order valence-corrected chi connectivity index (χ3v) is 4.11. The van der Waals surface area contributed by atoms with Gasteiger partial charge in [-0.3, -0.25) is 9.59 Å². The molecule has 0 aliphatic rings. The maximum atomic E-state index is 13.8. The Bertz CT molecular complexity index is 1080. The second kappa shape index (κ2) is 9.25. The van der Waals surface area contributed by atoms with Crippen LogP contribution in [0, 0.1) is 24.4 Å². The molecular weight excluding hydrogens is 401 g/mol. The Morgan fingerprint density at radius 3 is 2.63 bits per heavy atom. The van der Waals surface area contributed by atoms with Crippen LogP contribution in [0.3, 0.4) is 0 Å². The summed E-state index contributed by atoms with van der Waals surface area (Å²) in [6, 6.07) is 7.25. The second-order valence-electron chi connectivity index (χ2n) is 6.42. The first kappa shape index (κ1) is 21.1. The zero-order valence-electron chi connectivity index (χ0n) is 15.9. The minimum Gasteiger partial charge on any atom is -0.456 e. The first-order valence-electron chi connectivity index (χ1n) is 8.93. The third kappa shape index (κ3) is 5.47. The Morgan fingerprint density at radius 1 is 1.10 bits per heavy atom. The topological polar surface area (TPSA) is 81.4 Å². The molecule has 3 aromatic rings. The van der Waals surface area contributed by atoms with E-state index >= 15 is 0 Å². The first-order valence-corrected chi connectivity index (χ1v) is 8.93. The van der Waals surface area contributed by atoms with Gasteiger partial charge in [0.05, 0.1) is 18.2 Å². The van der Waals surface area contributed by atoms with Crippen molar-refractivity contribution in [3.63, 3.8) is 0 Å². The van der Waals surface area contributed by atoms with Crippen LogP contribution in [-0.4, -0.2) is 23.5 Å². The number of nitrogens with one attached hydrogen (secondary N) is 1. The van der Waals surface area contributed by atoms with Crippen molar-refractivity contribution >= 4 is 17.6 Å². The fraction of sp³-hybridized carbons (Fsp3) is 0.190. The Kier molecular flexibility index (Phi) is 6.51. The zero-order chi connectivity index (χ0) is 21.7. The van der Waals surface area contributed by atoms with Gasteiger partial charge < -0.3 is 14.5 Å². The molecule has 0 aliphatic carbocycles. The van der Waals surface area contributed by atoms with Crippen LogP contribution in [0.25, 0.3) is 11.3 Å². The third-order valence-electron chi connectivity index (χ3n) is 4.11. The van der Waals surface area contributed by atoms with Crippen molar-refractivity contribution in [2.75, 3.05) is 11.9 Å². The van der Waals surface area contributed by atoms with Gasteiger partial charge in [0.1, 0.15) is 17.5 Å². The molecule has 2 aromatic carbocycles. The van der Waals surface area contributed by atoms with Gasteiger partial charge >= 0.3 is 5.97 Å². The molecule has 0 fully saturated rings. The second-order valence-corrected chi connectivity index (χ2v) is 6.42. The summed E-state index contributed by atoms with van der Waals surface area (Å²) in [6.07, 6.45) is 1.20. The van der Waals surface area contributed by atoms with E-state index in [0.29, 0.717) is 5.56 Å². The van der Waals surface area contributed by atoms with Crippen LogP contribution in [-0.2, 0) is 20.7 Å². The predicted octanol–water partition coefficient (Wildman–Crippen LogP) is 4.18. The SMILES string of the molecule is Cc1ccc(NC(=O)COC(=O)CCc2ncc(-c3ccc(F)cc3F)o2)cc1F. The van der Waals surface area contributed by atoms with Crippen LogP contribution in [0.1, 0.15) is 17.9 Å². The number of anilines is 1. The number of nitrogens with zero attached hydrogens (tertiary/aromatic N) is 1. The molecule has 0 saturated heterocycles. The van der Waals surface area contributed by atoms with E-state index in [-0.39, 0.29) is 35.7 Å². The Hall–Kier alpha value is -3.62. The molecule has 0 bridgehead atoms. The number of oxazole rings is 1. The molecule has 0 saturated carbocycles. The Morgan fingerprint density at radius 2 is 1.90 bits per heavy atom. The van der Waals surface area contributed by atoms with Gasteiger partial charge in [-0.2, -0.15) is 0 Å². The van der Waals surface area contributed by atoms with E-state index in [1.54, 1.807) is 6.92 Å². The number of rotatable bonds is 7. The van der Waals surface area contributed by atoms with Crippen molar-refractivity contribution < 1.29 is 31.9 Å². The molecule has 0 spiro atoms. The quantitative estimate of drug-likeness (QED) is 0.582. The van der Waals surface area contributed by atoms with Gasteiger partial charge in [0.15, 0.2) is 18.3 Å². The Balaban J connectivity index is 1.46. The highest BCUT2D eigenvalue weighted by Crippen LogP contribution is 2.24. The number of benzene rings is 2. The van der Waals surface area contributed by atoms with Gasteiger partial charge in [-0.15, -0.1) is 0 Å². The van der Waals surface area contributed by atoms with Gasteiger partial charge in [-0.25, -0.2) is 18.2 Å². The number of ether oxygens (including phenoxy) is 1. The van der Waals surface area contributed by atoms with Crippen molar-refractivity contribution in [3.8, 4) is 11.3 Å². The van der Waals surface area contributed by atoms with Crippen LogP contribution in [0.5, 0.6) is 0 Å². The van der Waals surface area contributed by atoms with Crippen molar-refractivity contribution in [3.05, 3.63) is 71.5 Å². The molecular formula is C21H17F3N2O4. The number of amides is 1. The lowest BCUT2D eigenvalue weighted by Crippen LogP contribution is -2.21. The molecule has 30 heavy (non-hydrogen) atoms. The highest BCUT2D eigenvalue weighted by molar-refractivity contribution is 5.92. The minimum absolute atomic E-state index is 0.0435. The number of hydrogen-bond donors (Lipinski definition) is 1. The lowest BCUT2D eigenvalue weighted by atomic mass is 10.2. The summed E-state index contributed by atoms with van der Waals surface area (Å²) in [5, 5.41) is 2.42. The summed E-state index contributed by atoms with van der Waals surface area (Å²) in [4.78, 5) is 27.6. The van der Waals surface area contributed by atoms with Crippen molar-refractivity contribution in [1.29, 1.82) is 0 Å². The highest BCUT2D eigenvalue weighted by Gasteiger charge is 2.14. The molecule has 156 valence electrons. The summed E-state index contributed by atoms with van der Waals surface area (Å²) in [7, 11) is 0. The van der Waals surface area contributed by atoms with Crippen LogP contribution in [0.4, 0.5) is 18.9 Å². The summed E-state index contributed by atoms with van der Waals surface area (Å²) < 4.78 is 50.4. The molecule has 1 heterocycles. The van der Waals surface area contributed by atoms with Crippen LogP contribution < -0.4 is 5.32 Å². The maximum Gasteiger partial charge on any atom is 0.306 e. The molecule has 0 unspecified atom stereocenters. The summed E-state index contributed by atoms with van der Waals surface area (Å²) in [6.45, 7) is 1.06. The number of esters is 1. The molecule has 3 rings (SSSR count). The largest absolute Gasteiger partial charge is 0.456 e. The van der Waals surface area contributed by atoms with Crippen LogP contribution >= 0.6 is 0 Å². The molecule has 9 heteroatoms. The van der Waals surface area contributed by atoms with E-state index in [2.05, 4.69) is 10.3 Å². The van der Waals surface area contributed by atoms with E-state index in [1.165, 1.54) is 30.5 Å². The number of carbonyl (C=O) groups is 2. The average molecular weight is 418 g/mol. The minimum atomic E-state index is -0.795. The predicted molar refractivity (Wildman–Crippen MR) is 101 cm³/mol. The van der Waals surface area contributed by atoms with E-state index in [9.17, 15) is 22.8 Å². The van der Waals surface area contributed by atoms with E-state index in [1.807, 2.05) is 0 Å². The van der Waals surface area contributed by atoms with Crippen LogP contribution in [0.15, 0.2) is 47.0 Å². The van der Waals surface area contributed by atoms with Gasteiger partial charge in [-0.1, -0.05) is 6.07 Å². The number of aryl methyl sites for hydroxylation is 2. The number of halogens is 3.